The number of carbonyl (C=O) groups is 2. The molecule has 10 heteroatoms. The zero-order chi connectivity index (χ0) is 24.5. The Morgan fingerprint density at radius 3 is 2.18 bits per heavy atom. The summed E-state index contributed by atoms with van der Waals surface area (Å²) in [6.07, 6.45) is 2.94. The number of aromatic nitrogens is 2. The van der Waals surface area contributed by atoms with E-state index in [-0.39, 0.29) is 34.5 Å². The molecular weight excluding hydrogens is 442 g/mol. The van der Waals surface area contributed by atoms with E-state index in [4.69, 9.17) is 0 Å². The molecule has 1 heterocycles. The molecule has 0 radical (unpaired) electrons. The Labute approximate surface area is 195 Å². The number of benzene rings is 1. The Morgan fingerprint density at radius 1 is 1.12 bits per heavy atom. The first kappa shape index (κ1) is 24.8. The summed E-state index contributed by atoms with van der Waals surface area (Å²) in [6.45, 7) is 8.03. The van der Waals surface area contributed by atoms with Gasteiger partial charge in [0.1, 0.15) is 5.69 Å². The fourth-order valence-electron chi connectivity index (χ4n) is 3.90. The number of aryl methyl sites for hydroxylation is 1. The van der Waals surface area contributed by atoms with Gasteiger partial charge in [-0.1, -0.05) is 45.9 Å². The van der Waals surface area contributed by atoms with Crippen LogP contribution in [0.1, 0.15) is 80.4 Å². The topological polar surface area (TPSA) is 113 Å². The zero-order valence-corrected chi connectivity index (χ0v) is 20.9. The molecule has 0 atom stereocenters. The van der Waals surface area contributed by atoms with E-state index in [9.17, 15) is 18.0 Å². The number of carbonyl (C=O) groups excluding carboxylic acids is 2. The largest absolute Gasteiger partial charge is 0.337 e. The lowest BCUT2D eigenvalue weighted by atomic mass is 9.92. The van der Waals surface area contributed by atoms with Gasteiger partial charge in [0.2, 0.25) is 0 Å². The first-order valence-electron chi connectivity index (χ1n) is 11.2. The van der Waals surface area contributed by atoms with Crippen molar-refractivity contribution in [1.29, 1.82) is 0 Å². The maximum Gasteiger partial charge on any atom is 0.333 e. The number of amides is 3. The average Bonchev–Trinajstić information content (AvgIpc) is 3.07. The molecule has 3 rings (SSSR count). The molecule has 1 fully saturated rings. The molecule has 9 nitrogen and oxygen atoms in total. The van der Waals surface area contributed by atoms with E-state index < -0.39 is 16.1 Å². The molecule has 180 valence electrons. The van der Waals surface area contributed by atoms with Crippen molar-refractivity contribution in [2.75, 3.05) is 12.4 Å². The average molecular weight is 476 g/mol. The second-order valence-corrected chi connectivity index (χ2v) is 10.8. The van der Waals surface area contributed by atoms with Crippen LogP contribution >= 0.6 is 0 Å². The highest BCUT2D eigenvalue weighted by Crippen LogP contribution is 2.32. The van der Waals surface area contributed by atoms with Crippen molar-refractivity contribution >= 4 is 27.6 Å². The van der Waals surface area contributed by atoms with Gasteiger partial charge in [-0.05, 0) is 42.2 Å². The second-order valence-electron chi connectivity index (χ2n) is 9.17. The number of para-hydroxylation sites is 1. The molecule has 0 saturated heterocycles. The number of urea groups is 1. The van der Waals surface area contributed by atoms with Crippen LogP contribution in [0.5, 0.6) is 0 Å². The van der Waals surface area contributed by atoms with Crippen molar-refractivity contribution < 1.29 is 18.0 Å². The summed E-state index contributed by atoms with van der Waals surface area (Å²) in [4.78, 5) is 27.1. The maximum absolute atomic E-state index is 12.9. The van der Waals surface area contributed by atoms with Gasteiger partial charge in [-0.2, -0.15) is 13.5 Å². The van der Waals surface area contributed by atoms with Crippen LogP contribution in [0.3, 0.4) is 0 Å². The highest BCUT2D eigenvalue weighted by atomic mass is 32.2. The first-order valence-corrected chi connectivity index (χ1v) is 12.7. The predicted molar refractivity (Wildman–Crippen MR) is 127 cm³/mol. The van der Waals surface area contributed by atoms with Gasteiger partial charge >= 0.3 is 6.03 Å². The van der Waals surface area contributed by atoms with E-state index >= 15 is 0 Å². The van der Waals surface area contributed by atoms with Gasteiger partial charge in [-0.3, -0.25) is 9.48 Å². The number of anilines is 1. The molecule has 1 saturated carbocycles. The lowest BCUT2D eigenvalue weighted by Crippen LogP contribution is -2.41. The highest BCUT2D eigenvalue weighted by molar-refractivity contribution is 7.90. The third-order valence-corrected chi connectivity index (χ3v) is 7.34. The number of sulfonamides is 1. The van der Waals surface area contributed by atoms with Crippen molar-refractivity contribution in [3.8, 4) is 0 Å². The molecule has 0 bridgehead atoms. The number of rotatable bonds is 7. The fraction of sp³-hybridized carbons (Fsp3) is 0.522. The van der Waals surface area contributed by atoms with Crippen molar-refractivity contribution in [2.24, 2.45) is 7.05 Å². The molecule has 3 amide bonds. The molecule has 0 aliphatic heterocycles. The van der Waals surface area contributed by atoms with E-state index in [1.54, 1.807) is 11.9 Å². The van der Waals surface area contributed by atoms with Gasteiger partial charge in [0.25, 0.3) is 15.9 Å². The van der Waals surface area contributed by atoms with E-state index in [1.807, 2.05) is 50.6 Å². The van der Waals surface area contributed by atoms with Gasteiger partial charge in [0.05, 0.1) is 0 Å². The number of nitrogens with one attached hydrogen (secondary N) is 2. The lowest BCUT2D eigenvalue weighted by Gasteiger charge is -2.34. The van der Waals surface area contributed by atoms with Gasteiger partial charge in [0, 0.05) is 31.9 Å². The number of hydrogen-bond donors (Lipinski definition) is 2. The summed E-state index contributed by atoms with van der Waals surface area (Å²) >= 11 is 0. The zero-order valence-electron chi connectivity index (χ0n) is 20.0. The summed E-state index contributed by atoms with van der Waals surface area (Å²) < 4.78 is 29.0. The highest BCUT2D eigenvalue weighted by Gasteiger charge is 2.30. The van der Waals surface area contributed by atoms with Crippen LogP contribution in [-0.2, 0) is 17.1 Å². The van der Waals surface area contributed by atoms with Crippen LogP contribution in [0.2, 0.25) is 0 Å². The second kappa shape index (κ2) is 9.54. The summed E-state index contributed by atoms with van der Waals surface area (Å²) in [6, 6.07) is 6.24. The van der Waals surface area contributed by atoms with Crippen LogP contribution in [0, 0.1) is 0 Å². The minimum atomic E-state index is -4.28. The quantitative estimate of drug-likeness (QED) is 0.632. The maximum atomic E-state index is 12.9. The number of nitrogens with zero attached hydrogens (tertiary/aromatic N) is 3. The molecule has 0 spiro atoms. The fourth-order valence-corrected chi connectivity index (χ4v) is 4.80. The smallest absolute Gasteiger partial charge is 0.333 e. The van der Waals surface area contributed by atoms with E-state index in [2.05, 4.69) is 10.4 Å². The van der Waals surface area contributed by atoms with Crippen LogP contribution in [0.25, 0.3) is 0 Å². The van der Waals surface area contributed by atoms with Gasteiger partial charge in [-0.25, -0.2) is 9.52 Å². The Bertz CT molecular complexity index is 1120. The summed E-state index contributed by atoms with van der Waals surface area (Å²) in [5, 5.41) is 6.32. The Morgan fingerprint density at radius 2 is 1.70 bits per heavy atom. The van der Waals surface area contributed by atoms with Crippen LogP contribution in [0.15, 0.2) is 29.3 Å². The van der Waals surface area contributed by atoms with E-state index in [0.29, 0.717) is 5.69 Å². The minimum absolute atomic E-state index is 0.132. The molecule has 1 aliphatic carbocycles. The SMILES string of the molecule is CC(C)c1cccc(C(C)C)c1NC(=O)NS(=O)(=O)c1cc(C(=O)N(C)C2CCC2)n(C)n1. The van der Waals surface area contributed by atoms with Gasteiger partial charge in [0.15, 0.2) is 5.03 Å². The summed E-state index contributed by atoms with van der Waals surface area (Å²) in [5.74, 6) is -0.0340. The minimum Gasteiger partial charge on any atom is -0.337 e. The summed E-state index contributed by atoms with van der Waals surface area (Å²) in [7, 11) is -1.07. The van der Waals surface area contributed by atoms with Crippen molar-refractivity contribution in [3.63, 3.8) is 0 Å². The molecule has 1 aromatic carbocycles. The van der Waals surface area contributed by atoms with Gasteiger partial charge < -0.3 is 10.2 Å². The van der Waals surface area contributed by atoms with Crippen molar-refractivity contribution in [1.82, 2.24) is 19.4 Å². The molecule has 1 aromatic heterocycles. The molecule has 2 N–H and O–H groups in total. The molecule has 33 heavy (non-hydrogen) atoms. The van der Waals surface area contributed by atoms with E-state index in [1.165, 1.54) is 17.8 Å². The third-order valence-electron chi connectivity index (χ3n) is 6.13. The number of hydrogen-bond acceptors (Lipinski definition) is 5. The molecule has 0 unspecified atom stereocenters. The Hall–Kier alpha value is -2.88. The van der Waals surface area contributed by atoms with Gasteiger partial charge in [-0.15, -0.1) is 0 Å². The lowest BCUT2D eigenvalue weighted by molar-refractivity contribution is 0.0641. The van der Waals surface area contributed by atoms with Crippen LogP contribution in [-0.4, -0.2) is 48.1 Å². The molecule has 2 aromatic rings. The van der Waals surface area contributed by atoms with Crippen molar-refractivity contribution in [2.45, 2.75) is 69.9 Å². The Kier molecular flexibility index (Phi) is 7.16. The monoisotopic (exact) mass is 475 g/mol. The Balaban J connectivity index is 1.81. The van der Waals surface area contributed by atoms with E-state index in [0.717, 1.165) is 30.4 Å². The normalized spacial score (nSPS) is 14.3. The standard InChI is InChI=1S/C23H33N5O4S/c1-14(2)17-11-8-12-18(15(3)4)21(17)24-23(30)26-33(31,32)20-13-19(28(6)25-20)22(29)27(5)16-9-7-10-16/h8,11-16H,7,9-10H2,1-6H3,(H2,24,26,30). The summed E-state index contributed by atoms with van der Waals surface area (Å²) in [5.41, 5.74) is 2.59. The van der Waals surface area contributed by atoms with Crippen molar-refractivity contribution in [3.05, 3.63) is 41.1 Å². The predicted octanol–water partition coefficient (Wildman–Crippen LogP) is 3.80. The first-order chi connectivity index (χ1) is 15.4. The molecule has 1 aliphatic rings. The van der Waals surface area contributed by atoms with Crippen LogP contribution in [0.4, 0.5) is 10.5 Å². The van der Waals surface area contributed by atoms with Crippen LogP contribution < -0.4 is 10.0 Å². The third kappa shape index (κ3) is 5.21. The molecular formula is C23H33N5O4S.